The van der Waals surface area contributed by atoms with E-state index >= 15 is 0 Å². The highest BCUT2D eigenvalue weighted by Gasteiger charge is 2.07. The Labute approximate surface area is 121 Å². The van der Waals surface area contributed by atoms with Crippen molar-refractivity contribution in [3.8, 4) is 5.88 Å². The summed E-state index contributed by atoms with van der Waals surface area (Å²) in [6.07, 6.45) is 8.25. The number of pyridine rings is 1. The monoisotopic (exact) mass is 282 g/mol. The molecule has 1 aromatic rings. The molecule has 0 spiro atoms. The van der Waals surface area contributed by atoms with Gasteiger partial charge in [-0.05, 0) is 25.5 Å². The lowest BCUT2D eigenvalue weighted by Crippen LogP contribution is -2.15. The number of nitrogens with zero attached hydrogens (tertiary/aromatic N) is 1. The molecule has 1 aromatic heterocycles. The van der Waals surface area contributed by atoms with Crippen LogP contribution in [0.25, 0.3) is 0 Å². The van der Waals surface area contributed by atoms with Crippen LogP contribution in [0.4, 0.5) is 4.39 Å². The van der Waals surface area contributed by atoms with Gasteiger partial charge in [-0.1, -0.05) is 39.5 Å². The molecule has 0 aliphatic rings. The molecule has 1 heterocycles. The second kappa shape index (κ2) is 10.6. The van der Waals surface area contributed by atoms with Crippen molar-refractivity contribution in [2.45, 2.75) is 58.9 Å². The number of aromatic nitrogens is 1. The number of nitrogens with one attached hydrogen (secondary N) is 1. The highest BCUT2D eigenvalue weighted by Crippen LogP contribution is 2.16. The minimum Gasteiger partial charge on any atom is -0.477 e. The number of ether oxygens (including phenoxy) is 1. The Hall–Kier alpha value is -1.16. The summed E-state index contributed by atoms with van der Waals surface area (Å²) in [5.74, 6) is 0.249. The van der Waals surface area contributed by atoms with E-state index in [-0.39, 0.29) is 5.82 Å². The number of halogens is 1. The van der Waals surface area contributed by atoms with Gasteiger partial charge < -0.3 is 10.1 Å². The van der Waals surface area contributed by atoms with Gasteiger partial charge in [-0.3, -0.25) is 0 Å². The Bertz CT molecular complexity index is 371. The first-order valence-electron chi connectivity index (χ1n) is 7.75. The molecule has 20 heavy (non-hydrogen) atoms. The molecule has 0 aliphatic heterocycles. The average molecular weight is 282 g/mol. The van der Waals surface area contributed by atoms with Crippen LogP contribution in [0.2, 0.25) is 0 Å². The summed E-state index contributed by atoms with van der Waals surface area (Å²) in [6.45, 7) is 6.47. The molecule has 1 rings (SSSR count). The normalized spacial score (nSPS) is 10.8. The number of unbranched alkanes of at least 4 members (excludes halogenated alkanes) is 4. The molecule has 0 aromatic carbocycles. The molecule has 0 fully saturated rings. The molecule has 3 nitrogen and oxygen atoms in total. The smallest absolute Gasteiger partial charge is 0.218 e. The van der Waals surface area contributed by atoms with Gasteiger partial charge >= 0.3 is 0 Å². The van der Waals surface area contributed by atoms with E-state index < -0.39 is 0 Å². The lowest BCUT2D eigenvalue weighted by molar-refractivity contribution is 0.288. The molecule has 0 saturated carbocycles. The van der Waals surface area contributed by atoms with Crippen molar-refractivity contribution >= 4 is 0 Å². The molecule has 0 atom stereocenters. The quantitative estimate of drug-likeness (QED) is 0.621. The standard InChI is InChI=1S/C16H27FN2O/c1-3-5-6-7-8-10-20-16-14(12-18-9-4-2)11-15(17)13-19-16/h11,13,18H,3-10,12H2,1-2H3. The van der Waals surface area contributed by atoms with E-state index in [0.29, 0.717) is 19.0 Å². The second-order valence-corrected chi connectivity index (χ2v) is 5.06. The van der Waals surface area contributed by atoms with Crippen LogP contribution in [0, 0.1) is 5.82 Å². The zero-order valence-corrected chi connectivity index (χ0v) is 12.8. The largest absolute Gasteiger partial charge is 0.477 e. The highest BCUT2D eigenvalue weighted by molar-refractivity contribution is 5.26. The van der Waals surface area contributed by atoms with Crippen LogP contribution in [-0.2, 0) is 6.54 Å². The first kappa shape index (κ1) is 16.9. The van der Waals surface area contributed by atoms with Crippen molar-refractivity contribution in [2.75, 3.05) is 13.2 Å². The van der Waals surface area contributed by atoms with Crippen LogP contribution in [-0.4, -0.2) is 18.1 Å². The van der Waals surface area contributed by atoms with E-state index in [2.05, 4.69) is 24.1 Å². The Morgan fingerprint density at radius 2 is 1.95 bits per heavy atom. The average Bonchev–Trinajstić information content (AvgIpc) is 2.45. The molecule has 0 aliphatic carbocycles. The molecular weight excluding hydrogens is 255 g/mol. The van der Waals surface area contributed by atoms with E-state index in [1.807, 2.05) is 0 Å². The third-order valence-electron chi connectivity index (χ3n) is 3.12. The highest BCUT2D eigenvalue weighted by atomic mass is 19.1. The van der Waals surface area contributed by atoms with E-state index in [1.165, 1.54) is 37.9 Å². The van der Waals surface area contributed by atoms with E-state index in [4.69, 9.17) is 4.74 Å². The lowest BCUT2D eigenvalue weighted by atomic mass is 10.2. The van der Waals surface area contributed by atoms with Crippen LogP contribution in [0.5, 0.6) is 5.88 Å². The zero-order chi connectivity index (χ0) is 14.6. The minimum absolute atomic E-state index is 0.311. The van der Waals surface area contributed by atoms with Gasteiger partial charge in [0.2, 0.25) is 5.88 Å². The van der Waals surface area contributed by atoms with Crippen molar-refractivity contribution in [3.05, 3.63) is 23.6 Å². The van der Waals surface area contributed by atoms with Crippen LogP contribution in [0.15, 0.2) is 12.3 Å². The first-order chi connectivity index (χ1) is 9.77. The third kappa shape index (κ3) is 6.85. The second-order valence-electron chi connectivity index (χ2n) is 5.06. The Morgan fingerprint density at radius 1 is 1.15 bits per heavy atom. The van der Waals surface area contributed by atoms with Crippen molar-refractivity contribution in [3.63, 3.8) is 0 Å². The van der Waals surface area contributed by atoms with Gasteiger partial charge in [0.25, 0.3) is 0 Å². The fourth-order valence-corrected chi connectivity index (χ4v) is 2.00. The van der Waals surface area contributed by atoms with Gasteiger partial charge in [0.15, 0.2) is 0 Å². The molecule has 0 radical (unpaired) electrons. The molecular formula is C16H27FN2O. The predicted molar refractivity (Wildman–Crippen MR) is 80.4 cm³/mol. The van der Waals surface area contributed by atoms with Gasteiger partial charge in [0, 0.05) is 12.1 Å². The first-order valence-corrected chi connectivity index (χ1v) is 7.75. The summed E-state index contributed by atoms with van der Waals surface area (Å²) in [6, 6.07) is 1.50. The maximum atomic E-state index is 13.2. The van der Waals surface area contributed by atoms with Crippen LogP contribution >= 0.6 is 0 Å². The van der Waals surface area contributed by atoms with E-state index in [0.717, 1.165) is 24.9 Å². The number of hydrogen-bond acceptors (Lipinski definition) is 3. The van der Waals surface area contributed by atoms with Crippen molar-refractivity contribution in [1.29, 1.82) is 0 Å². The molecule has 114 valence electrons. The maximum absolute atomic E-state index is 13.2. The summed E-state index contributed by atoms with van der Waals surface area (Å²) < 4.78 is 18.9. The van der Waals surface area contributed by atoms with Crippen molar-refractivity contribution < 1.29 is 9.13 Å². The molecule has 0 saturated heterocycles. The summed E-state index contributed by atoms with van der Waals surface area (Å²) in [7, 11) is 0. The third-order valence-corrected chi connectivity index (χ3v) is 3.12. The molecule has 0 bridgehead atoms. The SMILES string of the molecule is CCCCCCCOc1ncc(F)cc1CNCCC. The van der Waals surface area contributed by atoms with Gasteiger partial charge in [-0.15, -0.1) is 0 Å². The fourth-order valence-electron chi connectivity index (χ4n) is 2.00. The van der Waals surface area contributed by atoms with Gasteiger partial charge in [-0.2, -0.15) is 0 Å². The van der Waals surface area contributed by atoms with Crippen molar-refractivity contribution in [1.82, 2.24) is 10.3 Å². The molecule has 0 unspecified atom stereocenters. The predicted octanol–water partition coefficient (Wildman–Crippen LogP) is 4.07. The van der Waals surface area contributed by atoms with Gasteiger partial charge in [-0.25, -0.2) is 9.37 Å². The summed E-state index contributed by atoms with van der Waals surface area (Å²) in [5.41, 5.74) is 0.798. The molecule has 0 amide bonds. The maximum Gasteiger partial charge on any atom is 0.218 e. The minimum atomic E-state index is -0.311. The molecule has 1 N–H and O–H groups in total. The van der Waals surface area contributed by atoms with Gasteiger partial charge in [0.1, 0.15) is 5.82 Å². The van der Waals surface area contributed by atoms with Crippen molar-refractivity contribution in [2.24, 2.45) is 0 Å². The van der Waals surface area contributed by atoms with E-state index in [1.54, 1.807) is 0 Å². The van der Waals surface area contributed by atoms with E-state index in [9.17, 15) is 4.39 Å². The number of hydrogen-bond donors (Lipinski definition) is 1. The Kier molecular flexibility index (Phi) is 8.96. The zero-order valence-electron chi connectivity index (χ0n) is 12.8. The van der Waals surface area contributed by atoms with Crippen LogP contribution < -0.4 is 10.1 Å². The Morgan fingerprint density at radius 3 is 2.70 bits per heavy atom. The van der Waals surface area contributed by atoms with Crippen LogP contribution in [0.1, 0.15) is 57.9 Å². The summed E-state index contributed by atoms with van der Waals surface area (Å²) in [5, 5.41) is 3.25. The van der Waals surface area contributed by atoms with Gasteiger partial charge in [0.05, 0.1) is 12.8 Å². The summed E-state index contributed by atoms with van der Waals surface area (Å²) in [4.78, 5) is 4.05. The van der Waals surface area contributed by atoms with Crippen LogP contribution in [0.3, 0.4) is 0 Å². The molecule has 4 heteroatoms. The topological polar surface area (TPSA) is 34.1 Å². The Balaban J connectivity index is 2.38. The lowest BCUT2D eigenvalue weighted by Gasteiger charge is -2.11. The number of rotatable bonds is 11. The fraction of sp³-hybridized carbons (Fsp3) is 0.688. The summed E-state index contributed by atoms with van der Waals surface area (Å²) >= 11 is 0.